The zero-order valence-electron chi connectivity index (χ0n) is 12.6. The van der Waals surface area contributed by atoms with Crippen LogP contribution in [-0.4, -0.2) is 22.7 Å². The van der Waals surface area contributed by atoms with Crippen molar-refractivity contribution in [1.29, 1.82) is 0 Å². The average molecular weight is 326 g/mol. The van der Waals surface area contributed by atoms with E-state index in [4.69, 9.17) is 5.11 Å². The highest BCUT2D eigenvalue weighted by atomic mass is 32.1. The summed E-state index contributed by atoms with van der Waals surface area (Å²) in [5, 5.41) is 14.5. The summed E-state index contributed by atoms with van der Waals surface area (Å²) >= 11 is 1.61. The number of carbonyl (C=O) groups is 2. The van der Waals surface area contributed by atoms with Crippen molar-refractivity contribution in [3.05, 3.63) is 57.3 Å². The molecule has 0 bridgehead atoms. The first-order valence-electron chi connectivity index (χ1n) is 6.97. The molecule has 0 saturated carbocycles. The SMILES string of the molecule is CC1=NN(c2ccc(C(=O)O)cc2)C(=O)C1=Cc1ccc(C)s1. The Hall–Kier alpha value is -2.73. The van der Waals surface area contributed by atoms with Crippen LogP contribution < -0.4 is 5.01 Å². The van der Waals surface area contributed by atoms with Gasteiger partial charge in [0.1, 0.15) is 0 Å². The molecule has 23 heavy (non-hydrogen) atoms. The van der Waals surface area contributed by atoms with E-state index in [0.29, 0.717) is 17.0 Å². The number of aromatic carboxylic acids is 1. The second-order valence-electron chi connectivity index (χ2n) is 5.16. The zero-order chi connectivity index (χ0) is 16.6. The molecule has 0 saturated heterocycles. The second-order valence-corrected chi connectivity index (χ2v) is 6.48. The van der Waals surface area contributed by atoms with Gasteiger partial charge in [0.25, 0.3) is 5.91 Å². The summed E-state index contributed by atoms with van der Waals surface area (Å²) in [5.41, 5.74) is 1.91. The highest BCUT2D eigenvalue weighted by Gasteiger charge is 2.28. The third kappa shape index (κ3) is 2.93. The number of thiophene rings is 1. The Balaban J connectivity index is 1.90. The van der Waals surface area contributed by atoms with E-state index < -0.39 is 5.97 Å². The minimum absolute atomic E-state index is 0.172. The third-order valence-corrected chi connectivity index (χ3v) is 4.42. The highest BCUT2D eigenvalue weighted by molar-refractivity contribution is 7.12. The first-order chi connectivity index (χ1) is 11.0. The minimum atomic E-state index is -1.00. The first-order valence-corrected chi connectivity index (χ1v) is 7.79. The van der Waals surface area contributed by atoms with Gasteiger partial charge >= 0.3 is 5.97 Å². The van der Waals surface area contributed by atoms with E-state index in [0.717, 1.165) is 4.88 Å². The Labute approximate surface area is 137 Å². The van der Waals surface area contributed by atoms with Crippen LogP contribution in [0.1, 0.15) is 27.0 Å². The zero-order valence-corrected chi connectivity index (χ0v) is 13.4. The number of hydrogen-bond donors (Lipinski definition) is 1. The maximum absolute atomic E-state index is 12.6. The van der Waals surface area contributed by atoms with Crippen LogP contribution in [0.25, 0.3) is 6.08 Å². The lowest BCUT2D eigenvalue weighted by atomic mass is 10.1. The lowest BCUT2D eigenvalue weighted by molar-refractivity contribution is -0.114. The summed E-state index contributed by atoms with van der Waals surface area (Å²) < 4.78 is 0. The normalized spacial score (nSPS) is 16.1. The van der Waals surface area contributed by atoms with Crippen molar-refractivity contribution >= 4 is 40.7 Å². The van der Waals surface area contributed by atoms with Crippen LogP contribution >= 0.6 is 11.3 Å². The van der Waals surface area contributed by atoms with Crippen LogP contribution in [0.4, 0.5) is 5.69 Å². The van der Waals surface area contributed by atoms with E-state index in [1.54, 1.807) is 30.4 Å². The molecule has 1 N–H and O–H groups in total. The van der Waals surface area contributed by atoms with Gasteiger partial charge in [-0.25, -0.2) is 4.79 Å². The Bertz CT molecular complexity index is 847. The highest BCUT2D eigenvalue weighted by Crippen LogP contribution is 2.27. The van der Waals surface area contributed by atoms with Crippen molar-refractivity contribution in [1.82, 2.24) is 0 Å². The third-order valence-electron chi connectivity index (χ3n) is 3.47. The summed E-state index contributed by atoms with van der Waals surface area (Å²) in [4.78, 5) is 25.7. The number of rotatable bonds is 3. The quantitative estimate of drug-likeness (QED) is 0.877. The Morgan fingerprint density at radius 2 is 1.87 bits per heavy atom. The molecule has 0 fully saturated rings. The number of benzene rings is 1. The molecule has 1 aliphatic heterocycles. The van der Waals surface area contributed by atoms with Crippen molar-refractivity contribution in [3.8, 4) is 0 Å². The fraction of sp³-hybridized carbons (Fsp3) is 0.118. The van der Waals surface area contributed by atoms with Crippen molar-refractivity contribution in [3.63, 3.8) is 0 Å². The Morgan fingerprint density at radius 3 is 2.43 bits per heavy atom. The molecule has 6 heteroatoms. The molecule has 3 rings (SSSR count). The molecule has 0 aliphatic carbocycles. The van der Waals surface area contributed by atoms with Crippen LogP contribution in [-0.2, 0) is 4.79 Å². The molecule has 1 aromatic heterocycles. The van der Waals surface area contributed by atoms with Crippen LogP contribution in [0.15, 0.2) is 47.1 Å². The van der Waals surface area contributed by atoms with E-state index in [1.807, 2.05) is 25.1 Å². The molecule has 1 aromatic carbocycles. The molecule has 0 atom stereocenters. The monoisotopic (exact) mass is 326 g/mol. The van der Waals surface area contributed by atoms with Crippen LogP contribution in [0.2, 0.25) is 0 Å². The molecule has 0 unspecified atom stereocenters. The predicted octanol–water partition coefficient (Wildman–Crippen LogP) is 3.56. The van der Waals surface area contributed by atoms with E-state index >= 15 is 0 Å². The van der Waals surface area contributed by atoms with Gasteiger partial charge in [-0.1, -0.05) is 0 Å². The standard InChI is InChI=1S/C17H14N2O3S/c1-10-3-8-14(23-10)9-15-11(2)18-19(16(15)20)13-6-4-12(5-7-13)17(21)22/h3-9H,1-2H3,(H,21,22). The van der Waals surface area contributed by atoms with E-state index in [1.165, 1.54) is 22.0 Å². The summed E-state index contributed by atoms with van der Waals surface area (Å²) in [6, 6.07) is 10.1. The van der Waals surface area contributed by atoms with Crippen LogP contribution in [0, 0.1) is 6.92 Å². The van der Waals surface area contributed by atoms with Crippen molar-refractivity contribution in [2.45, 2.75) is 13.8 Å². The lowest BCUT2D eigenvalue weighted by Gasteiger charge is -2.11. The fourth-order valence-electron chi connectivity index (χ4n) is 2.28. The van der Waals surface area contributed by atoms with Gasteiger partial charge in [-0.05, 0) is 56.3 Å². The Kier molecular flexibility index (Phi) is 3.83. The topological polar surface area (TPSA) is 70.0 Å². The van der Waals surface area contributed by atoms with Gasteiger partial charge < -0.3 is 5.11 Å². The van der Waals surface area contributed by atoms with Crippen LogP contribution in [0.3, 0.4) is 0 Å². The maximum atomic E-state index is 12.6. The number of anilines is 1. The van der Waals surface area contributed by atoms with Crippen molar-refractivity contribution in [2.24, 2.45) is 5.10 Å². The number of carboxylic acids is 1. The fourth-order valence-corrected chi connectivity index (χ4v) is 3.10. The van der Waals surface area contributed by atoms with E-state index in [2.05, 4.69) is 5.10 Å². The Morgan fingerprint density at radius 1 is 1.17 bits per heavy atom. The van der Waals surface area contributed by atoms with E-state index in [9.17, 15) is 9.59 Å². The minimum Gasteiger partial charge on any atom is -0.478 e. The number of carbonyl (C=O) groups excluding carboxylic acids is 1. The first kappa shape index (κ1) is 15.2. The number of hydrogen-bond acceptors (Lipinski definition) is 4. The van der Waals surface area contributed by atoms with Crippen molar-refractivity contribution < 1.29 is 14.7 Å². The van der Waals surface area contributed by atoms with Gasteiger partial charge in [0, 0.05) is 9.75 Å². The number of aryl methyl sites for hydroxylation is 1. The van der Waals surface area contributed by atoms with Gasteiger partial charge in [-0.15, -0.1) is 11.3 Å². The smallest absolute Gasteiger partial charge is 0.335 e. The summed E-state index contributed by atoms with van der Waals surface area (Å²) in [6.07, 6.45) is 1.84. The maximum Gasteiger partial charge on any atom is 0.335 e. The van der Waals surface area contributed by atoms with Crippen molar-refractivity contribution in [2.75, 3.05) is 5.01 Å². The second kappa shape index (κ2) is 5.81. The number of hydrazone groups is 1. The van der Waals surface area contributed by atoms with Gasteiger partial charge in [0.2, 0.25) is 0 Å². The summed E-state index contributed by atoms with van der Waals surface area (Å²) in [6.45, 7) is 3.80. The summed E-state index contributed by atoms with van der Waals surface area (Å²) in [5.74, 6) is -1.21. The van der Waals surface area contributed by atoms with Gasteiger partial charge in [0.05, 0.1) is 22.5 Å². The molecule has 5 nitrogen and oxygen atoms in total. The number of amides is 1. The molecular formula is C17H14N2O3S. The lowest BCUT2D eigenvalue weighted by Crippen LogP contribution is -2.21. The molecule has 1 amide bonds. The largest absolute Gasteiger partial charge is 0.478 e. The molecule has 1 aliphatic rings. The molecular weight excluding hydrogens is 312 g/mol. The number of nitrogens with zero attached hydrogens (tertiary/aromatic N) is 2. The molecule has 0 radical (unpaired) electrons. The molecule has 116 valence electrons. The molecule has 2 aromatic rings. The molecule has 2 heterocycles. The van der Waals surface area contributed by atoms with Gasteiger partial charge in [-0.2, -0.15) is 10.1 Å². The predicted molar refractivity (Wildman–Crippen MR) is 91.0 cm³/mol. The van der Waals surface area contributed by atoms with Gasteiger partial charge in [0.15, 0.2) is 0 Å². The van der Waals surface area contributed by atoms with E-state index in [-0.39, 0.29) is 11.5 Å². The summed E-state index contributed by atoms with van der Waals surface area (Å²) in [7, 11) is 0. The average Bonchev–Trinajstić information content (AvgIpc) is 3.05. The number of carboxylic acid groups (broad SMARTS) is 1. The molecule has 0 spiro atoms. The van der Waals surface area contributed by atoms with Crippen LogP contribution in [0.5, 0.6) is 0 Å². The van der Waals surface area contributed by atoms with Gasteiger partial charge in [-0.3, -0.25) is 4.79 Å².